The fourth-order valence-corrected chi connectivity index (χ4v) is 1.84. The summed E-state index contributed by atoms with van der Waals surface area (Å²) < 4.78 is 10.5. The number of ether oxygens (including phenoxy) is 2. The van der Waals surface area contributed by atoms with E-state index in [9.17, 15) is 4.79 Å². The molecule has 1 aliphatic heterocycles. The van der Waals surface area contributed by atoms with Gasteiger partial charge in [0.1, 0.15) is 5.78 Å². The van der Waals surface area contributed by atoms with Gasteiger partial charge in [0.05, 0.1) is 5.88 Å². The van der Waals surface area contributed by atoms with Crippen LogP contribution in [0.4, 0.5) is 0 Å². The summed E-state index contributed by atoms with van der Waals surface area (Å²) in [5.41, 5.74) is 1.07. The second kappa shape index (κ2) is 4.74. The minimum Gasteiger partial charge on any atom is -0.454 e. The summed E-state index contributed by atoms with van der Waals surface area (Å²) in [4.78, 5) is 11.2. The summed E-state index contributed by atoms with van der Waals surface area (Å²) in [6.45, 7) is 2.27. The standard InChI is InChI=1S/C12H13ClO3/c1-8(4-10(14)6-13)9-2-3-11-12(5-9)16-7-15-11/h2-3,5,8H,4,6-7H2,1H3. The van der Waals surface area contributed by atoms with E-state index >= 15 is 0 Å². The largest absolute Gasteiger partial charge is 0.454 e. The predicted molar refractivity (Wildman–Crippen MR) is 61.3 cm³/mol. The first-order valence-electron chi connectivity index (χ1n) is 5.18. The summed E-state index contributed by atoms with van der Waals surface area (Å²) in [7, 11) is 0. The lowest BCUT2D eigenvalue weighted by molar-refractivity contribution is -0.117. The summed E-state index contributed by atoms with van der Waals surface area (Å²) in [5.74, 6) is 1.81. The van der Waals surface area contributed by atoms with Gasteiger partial charge in [0, 0.05) is 6.42 Å². The van der Waals surface area contributed by atoms with E-state index in [-0.39, 0.29) is 24.4 Å². The maximum Gasteiger partial charge on any atom is 0.231 e. The van der Waals surface area contributed by atoms with Crippen LogP contribution in [-0.4, -0.2) is 18.5 Å². The minimum absolute atomic E-state index is 0.0619. The third-order valence-corrected chi connectivity index (χ3v) is 2.95. The normalized spacial score (nSPS) is 14.9. The van der Waals surface area contributed by atoms with E-state index in [0.29, 0.717) is 6.42 Å². The maximum absolute atomic E-state index is 11.2. The van der Waals surface area contributed by atoms with Gasteiger partial charge in [-0.3, -0.25) is 4.79 Å². The average molecular weight is 241 g/mol. The molecule has 4 heteroatoms. The Balaban J connectivity index is 2.12. The van der Waals surface area contributed by atoms with Crippen molar-refractivity contribution in [3.63, 3.8) is 0 Å². The fourth-order valence-electron chi connectivity index (χ4n) is 1.73. The van der Waals surface area contributed by atoms with Crippen molar-refractivity contribution in [1.82, 2.24) is 0 Å². The second-order valence-electron chi connectivity index (χ2n) is 3.89. The molecule has 1 aliphatic rings. The molecule has 0 saturated carbocycles. The van der Waals surface area contributed by atoms with Gasteiger partial charge in [-0.05, 0) is 23.6 Å². The van der Waals surface area contributed by atoms with Gasteiger partial charge >= 0.3 is 0 Å². The Morgan fingerprint density at radius 1 is 1.44 bits per heavy atom. The number of Topliss-reactive ketones (excluding diaryl/α,β-unsaturated/α-hetero) is 1. The SMILES string of the molecule is CC(CC(=O)CCl)c1ccc2c(c1)OCO2. The topological polar surface area (TPSA) is 35.5 Å². The Morgan fingerprint density at radius 3 is 2.94 bits per heavy atom. The molecule has 0 N–H and O–H groups in total. The average Bonchev–Trinajstić information content (AvgIpc) is 2.75. The third-order valence-electron chi connectivity index (χ3n) is 2.65. The van der Waals surface area contributed by atoms with Gasteiger partial charge in [-0.2, -0.15) is 0 Å². The van der Waals surface area contributed by atoms with Crippen molar-refractivity contribution in [2.24, 2.45) is 0 Å². The molecular formula is C12H13ClO3. The first-order valence-corrected chi connectivity index (χ1v) is 5.71. The molecule has 2 rings (SSSR count). The Morgan fingerprint density at radius 2 is 2.19 bits per heavy atom. The van der Waals surface area contributed by atoms with Gasteiger partial charge in [-0.25, -0.2) is 0 Å². The van der Waals surface area contributed by atoms with Crippen molar-refractivity contribution >= 4 is 17.4 Å². The Labute approximate surface area is 99.3 Å². The molecule has 1 heterocycles. The maximum atomic E-state index is 11.2. The van der Waals surface area contributed by atoms with Gasteiger partial charge in [-0.15, -0.1) is 11.6 Å². The summed E-state index contributed by atoms with van der Waals surface area (Å²) >= 11 is 5.48. The summed E-state index contributed by atoms with van der Waals surface area (Å²) in [6, 6.07) is 5.76. The molecule has 0 amide bonds. The van der Waals surface area contributed by atoms with Crippen LogP contribution < -0.4 is 9.47 Å². The molecule has 0 saturated heterocycles. The van der Waals surface area contributed by atoms with E-state index in [2.05, 4.69) is 0 Å². The molecule has 86 valence electrons. The molecule has 1 unspecified atom stereocenters. The monoisotopic (exact) mass is 240 g/mol. The van der Waals surface area contributed by atoms with Crippen LogP contribution >= 0.6 is 11.6 Å². The minimum atomic E-state index is 0.0619. The molecule has 0 fully saturated rings. The predicted octanol–water partition coefficient (Wildman–Crippen LogP) is 2.72. The fraction of sp³-hybridized carbons (Fsp3) is 0.417. The van der Waals surface area contributed by atoms with E-state index in [1.165, 1.54) is 0 Å². The number of hydrogen-bond donors (Lipinski definition) is 0. The quantitative estimate of drug-likeness (QED) is 0.759. The molecule has 0 bridgehead atoms. The van der Waals surface area contributed by atoms with Gasteiger partial charge in [-0.1, -0.05) is 13.0 Å². The van der Waals surface area contributed by atoms with Crippen LogP contribution in [0.25, 0.3) is 0 Å². The van der Waals surface area contributed by atoms with Crippen molar-refractivity contribution in [2.45, 2.75) is 19.3 Å². The van der Waals surface area contributed by atoms with E-state index in [1.54, 1.807) is 0 Å². The highest BCUT2D eigenvalue weighted by Gasteiger charge is 2.17. The Kier molecular flexibility index (Phi) is 3.34. The molecule has 1 aromatic rings. The Bertz CT molecular complexity index is 403. The van der Waals surface area contributed by atoms with Crippen LogP contribution in [0.5, 0.6) is 11.5 Å². The van der Waals surface area contributed by atoms with Crippen LogP contribution in [0.15, 0.2) is 18.2 Å². The smallest absolute Gasteiger partial charge is 0.231 e. The number of carbonyl (C=O) groups is 1. The lowest BCUT2D eigenvalue weighted by Crippen LogP contribution is -2.05. The van der Waals surface area contributed by atoms with Crippen LogP contribution in [0.3, 0.4) is 0 Å². The zero-order chi connectivity index (χ0) is 11.5. The molecule has 0 radical (unpaired) electrons. The molecule has 1 aromatic carbocycles. The molecule has 0 aliphatic carbocycles. The molecule has 3 nitrogen and oxygen atoms in total. The number of fused-ring (bicyclic) bond motifs is 1. The summed E-state index contributed by atoms with van der Waals surface area (Å²) in [6.07, 6.45) is 0.461. The lowest BCUT2D eigenvalue weighted by atomic mass is 9.96. The number of benzene rings is 1. The molecule has 0 aromatic heterocycles. The first-order chi connectivity index (χ1) is 7.70. The summed E-state index contributed by atoms with van der Waals surface area (Å²) in [5, 5.41) is 0. The van der Waals surface area contributed by atoms with Crippen LogP contribution in [0.2, 0.25) is 0 Å². The van der Waals surface area contributed by atoms with Gasteiger partial charge in [0.15, 0.2) is 11.5 Å². The van der Waals surface area contributed by atoms with E-state index in [1.807, 2.05) is 25.1 Å². The van der Waals surface area contributed by atoms with Crippen molar-refractivity contribution in [1.29, 1.82) is 0 Å². The molecule has 1 atom stereocenters. The number of hydrogen-bond acceptors (Lipinski definition) is 3. The number of halogens is 1. The Hall–Kier alpha value is -1.22. The highest BCUT2D eigenvalue weighted by atomic mass is 35.5. The first kappa shape index (κ1) is 11.3. The van der Waals surface area contributed by atoms with Crippen molar-refractivity contribution < 1.29 is 14.3 Å². The zero-order valence-corrected chi connectivity index (χ0v) is 9.79. The molecule has 16 heavy (non-hydrogen) atoms. The van der Waals surface area contributed by atoms with Gasteiger partial charge in [0.25, 0.3) is 0 Å². The second-order valence-corrected chi connectivity index (χ2v) is 4.16. The molecular weight excluding hydrogens is 228 g/mol. The number of ketones is 1. The van der Waals surface area contributed by atoms with Crippen molar-refractivity contribution in [2.75, 3.05) is 12.7 Å². The number of alkyl halides is 1. The van der Waals surface area contributed by atoms with Gasteiger partial charge in [0.2, 0.25) is 6.79 Å². The van der Waals surface area contributed by atoms with Crippen LogP contribution in [0.1, 0.15) is 24.8 Å². The molecule has 0 spiro atoms. The van der Waals surface area contributed by atoms with E-state index in [4.69, 9.17) is 21.1 Å². The van der Waals surface area contributed by atoms with Crippen LogP contribution in [0, 0.1) is 0 Å². The highest BCUT2D eigenvalue weighted by Crippen LogP contribution is 2.35. The number of carbonyl (C=O) groups excluding carboxylic acids is 1. The van der Waals surface area contributed by atoms with Gasteiger partial charge < -0.3 is 9.47 Å². The zero-order valence-electron chi connectivity index (χ0n) is 9.03. The van der Waals surface area contributed by atoms with E-state index < -0.39 is 0 Å². The van der Waals surface area contributed by atoms with Crippen molar-refractivity contribution in [3.8, 4) is 11.5 Å². The van der Waals surface area contributed by atoms with Crippen molar-refractivity contribution in [3.05, 3.63) is 23.8 Å². The third kappa shape index (κ3) is 2.30. The number of rotatable bonds is 4. The lowest BCUT2D eigenvalue weighted by Gasteiger charge is -2.10. The highest BCUT2D eigenvalue weighted by molar-refractivity contribution is 6.27. The van der Waals surface area contributed by atoms with E-state index in [0.717, 1.165) is 17.1 Å². The van der Waals surface area contributed by atoms with Crippen LogP contribution in [-0.2, 0) is 4.79 Å².